The maximum absolute atomic E-state index is 12.6. The smallest absolute Gasteiger partial charge is 0.262 e. The lowest BCUT2D eigenvalue weighted by atomic mass is 10.1. The topological polar surface area (TPSA) is 74.9 Å². The van der Waals surface area contributed by atoms with E-state index in [1.807, 2.05) is 0 Å². The summed E-state index contributed by atoms with van der Waals surface area (Å²) in [7, 11) is -3.67. The molecule has 2 aromatic rings. The Kier molecular flexibility index (Phi) is 3.30. The van der Waals surface area contributed by atoms with Crippen LogP contribution in [-0.4, -0.2) is 46.4 Å². The third kappa shape index (κ3) is 2.17. The van der Waals surface area contributed by atoms with Crippen molar-refractivity contribution in [3.63, 3.8) is 0 Å². The lowest BCUT2D eigenvalue weighted by Gasteiger charge is -2.28. The van der Waals surface area contributed by atoms with Crippen LogP contribution in [0.1, 0.15) is 12.8 Å². The van der Waals surface area contributed by atoms with Crippen LogP contribution in [0, 0.1) is 0 Å². The number of aliphatic hydroxyl groups is 1. The maximum Gasteiger partial charge on any atom is 0.262 e. The molecule has 104 valence electrons. The molecule has 1 saturated heterocycles. The maximum atomic E-state index is 12.6. The summed E-state index contributed by atoms with van der Waals surface area (Å²) < 4.78 is 28.0. The van der Waals surface area contributed by atoms with Gasteiger partial charge in [-0.3, -0.25) is 4.40 Å². The minimum atomic E-state index is -3.67. The van der Waals surface area contributed by atoms with Crippen LogP contribution >= 0.6 is 22.9 Å². The lowest BCUT2D eigenvalue weighted by molar-refractivity contribution is 0.113. The van der Waals surface area contributed by atoms with Crippen molar-refractivity contribution in [2.75, 3.05) is 13.1 Å². The lowest BCUT2D eigenvalue weighted by Crippen LogP contribution is -2.40. The molecule has 0 radical (unpaired) electrons. The molecule has 3 rings (SSSR count). The van der Waals surface area contributed by atoms with E-state index < -0.39 is 16.1 Å². The molecule has 19 heavy (non-hydrogen) atoms. The van der Waals surface area contributed by atoms with Gasteiger partial charge >= 0.3 is 0 Å². The Hall–Kier alpha value is -0.670. The number of hydrogen-bond acceptors (Lipinski definition) is 5. The number of halogens is 1. The molecular formula is C10H12ClN3O3S2. The Bertz CT molecular complexity index is 701. The molecule has 0 saturated carbocycles. The van der Waals surface area contributed by atoms with Gasteiger partial charge < -0.3 is 5.11 Å². The van der Waals surface area contributed by atoms with Crippen molar-refractivity contribution in [1.82, 2.24) is 13.7 Å². The highest BCUT2D eigenvalue weighted by Crippen LogP contribution is 2.29. The van der Waals surface area contributed by atoms with E-state index in [9.17, 15) is 13.5 Å². The van der Waals surface area contributed by atoms with Crippen LogP contribution in [0.4, 0.5) is 0 Å². The molecule has 2 aromatic heterocycles. The Balaban J connectivity index is 2.04. The van der Waals surface area contributed by atoms with E-state index in [-0.39, 0.29) is 10.2 Å². The summed E-state index contributed by atoms with van der Waals surface area (Å²) in [5.74, 6) is 0. The fourth-order valence-electron chi connectivity index (χ4n) is 2.17. The third-order valence-corrected chi connectivity index (χ3v) is 6.24. The molecule has 3 heterocycles. The van der Waals surface area contributed by atoms with E-state index in [0.29, 0.717) is 30.9 Å². The third-order valence-electron chi connectivity index (χ3n) is 3.19. The number of thiazole rings is 1. The van der Waals surface area contributed by atoms with Gasteiger partial charge in [0.25, 0.3) is 10.0 Å². The normalized spacial score (nSPS) is 19.3. The molecule has 0 amide bonds. The zero-order valence-corrected chi connectivity index (χ0v) is 12.2. The van der Waals surface area contributed by atoms with Gasteiger partial charge in [0, 0.05) is 24.7 Å². The first-order valence-electron chi connectivity index (χ1n) is 5.79. The van der Waals surface area contributed by atoms with Gasteiger partial charge in [0.2, 0.25) is 0 Å². The molecule has 0 atom stereocenters. The van der Waals surface area contributed by atoms with Crippen molar-refractivity contribution in [1.29, 1.82) is 0 Å². The average Bonchev–Trinajstić information content (AvgIpc) is 2.88. The summed E-state index contributed by atoms with van der Waals surface area (Å²) in [6.45, 7) is 0.606. The molecule has 0 aromatic carbocycles. The van der Waals surface area contributed by atoms with Crippen LogP contribution in [0.3, 0.4) is 0 Å². The number of fused-ring (bicyclic) bond motifs is 1. The summed E-state index contributed by atoms with van der Waals surface area (Å²) in [6, 6.07) is 0. The summed E-state index contributed by atoms with van der Waals surface area (Å²) in [4.78, 5) is 4.60. The highest BCUT2D eigenvalue weighted by molar-refractivity contribution is 7.89. The second kappa shape index (κ2) is 4.71. The van der Waals surface area contributed by atoms with Crippen LogP contribution in [0.15, 0.2) is 16.6 Å². The van der Waals surface area contributed by atoms with Gasteiger partial charge in [0.1, 0.15) is 0 Å². The quantitative estimate of drug-likeness (QED) is 0.901. The monoisotopic (exact) mass is 321 g/mol. The summed E-state index contributed by atoms with van der Waals surface area (Å²) in [6.07, 6.45) is 2.11. The number of aliphatic hydroxyl groups excluding tert-OH is 1. The van der Waals surface area contributed by atoms with E-state index in [0.717, 1.165) is 0 Å². The molecule has 9 heteroatoms. The van der Waals surface area contributed by atoms with Crippen molar-refractivity contribution in [2.24, 2.45) is 0 Å². The fourth-order valence-corrected chi connectivity index (χ4v) is 5.05. The first-order valence-corrected chi connectivity index (χ1v) is 8.49. The fraction of sp³-hybridized carbons (Fsp3) is 0.500. The van der Waals surface area contributed by atoms with Crippen LogP contribution in [-0.2, 0) is 10.0 Å². The Morgan fingerprint density at radius 1 is 1.42 bits per heavy atom. The number of aromatic nitrogens is 2. The average molecular weight is 322 g/mol. The van der Waals surface area contributed by atoms with Crippen molar-refractivity contribution in [3.8, 4) is 0 Å². The summed E-state index contributed by atoms with van der Waals surface area (Å²) in [5, 5.41) is 11.2. The van der Waals surface area contributed by atoms with Crippen LogP contribution in [0.5, 0.6) is 0 Å². The molecule has 0 bridgehead atoms. The van der Waals surface area contributed by atoms with Gasteiger partial charge in [-0.05, 0) is 12.8 Å². The highest BCUT2D eigenvalue weighted by atomic mass is 35.5. The molecule has 1 fully saturated rings. The van der Waals surface area contributed by atoms with Crippen LogP contribution < -0.4 is 0 Å². The predicted octanol–water partition coefficient (Wildman–Crippen LogP) is 1.19. The minimum Gasteiger partial charge on any atom is -0.393 e. The van der Waals surface area contributed by atoms with Crippen LogP contribution in [0.2, 0.25) is 5.15 Å². The van der Waals surface area contributed by atoms with Crippen molar-refractivity contribution < 1.29 is 13.5 Å². The van der Waals surface area contributed by atoms with Gasteiger partial charge in [0.05, 0.1) is 6.10 Å². The zero-order valence-electron chi connectivity index (χ0n) is 9.86. The SMILES string of the molecule is O=S(=O)(c1c(Cl)nc2sccn12)N1CCC(O)CC1. The van der Waals surface area contributed by atoms with Gasteiger partial charge in [-0.2, -0.15) is 4.31 Å². The number of imidazole rings is 1. The van der Waals surface area contributed by atoms with E-state index in [2.05, 4.69) is 4.98 Å². The van der Waals surface area contributed by atoms with E-state index in [1.165, 1.54) is 20.0 Å². The van der Waals surface area contributed by atoms with Gasteiger partial charge in [0.15, 0.2) is 15.1 Å². The Labute approximate surface area is 119 Å². The second-order valence-electron chi connectivity index (χ2n) is 4.40. The van der Waals surface area contributed by atoms with Crippen LogP contribution in [0.25, 0.3) is 4.96 Å². The predicted molar refractivity (Wildman–Crippen MR) is 72.1 cm³/mol. The van der Waals surface area contributed by atoms with E-state index in [4.69, 9.17) is 11.6 Å². The van der Waals surface area contributed by atoms with Gasteiger partial charge in [-0.1, -0.05) is 11.6 Å². The first-order chi connectivity index (χ1) is 9.00. The van der Waals surface area contributed by atoms with Crippen molar-refractivity contribution in [2.45, 2.75) is 24.0 Å². The van der Waals surface area contributed by atoms with Gasteiger partial charge in [-0.15, -0.1) is 11.3 Å². The minimum absolute atomic E-state index is 0.00188. The van der Waals surface area contributed by atoms with E-state index in [1.54, 1.807) is 11.6 Å². The van der Waals surface area contributed by atoms with Crippen molar-refractivity contribution in [3.05, 3.63) is 16.7 Å². The molecule has 0 spiro atoms. The Morgan fingerprint density at radius 3 is 2.79 bits per heavy atom. The summed E-state index contributed by atoms with van der Waals surface area (Å²) in [5.41, 5.74) is 0. The second-order valence-corrected chi connectivity index (χ2v) is 7.48. The molecule has 1 N–H and O–H groups in total. The number of piperidine rings is 1. The number of rotatable bonds is 2. The molecular weight excluding hydrogens is 310 g/mol. The number of hydrogen-bond donors (Lipinski definition) is 1. The number of nitrogens with zero attached hydrogens (tertiary/aromatic N) is 3. The molecule has 0 aliphatic carbocycles. The standard InChI is InChI=1S/C10H12ClN3O3S2/c11-8-9(14-5-6-18-10(14)12-8)19(16,17)13-3-1-7(15)2-4-13/h5-7,15H,1-4H2. The molecule has 0 unspecified atom stereocenters. The molecule has 6 nitrogen and oxygen atoms in total. The highest BCUT2D eigenvalue weighted by Gasteiger charge is 2.33. The zero-order chi connectivity index (χ0) is 13.6. The molecule has 1 aliphatic rings. The Morgan fingerprint density at radius 2 is 2.11 bits per heavy atom. The van der Waals surface area contributed by atoms with Crippen molar-refractivity contribution >= 4 is 37.9 Å². The largest absolute Gasteiger partial charge is 0.393 e. The van der Waals surface area contributed by atoms with E-state index >= 15 is 0 Å². The summed E-state index contributed by atoms with van der Waals surface area (Å²) >= 11 is 7.29. The first kappa shape index (κ1) is 13.3. The number of sulfonamides is 1. The molecule has 1 aliphatic heterocycles. The van der Waals surface area contributed by atoms with Gasteiger partial charge in [-0.25, -0.2) is 13.4 Å².